The molecule has 1 aromatic heterocycles. The number of anilines is 1. The molecule has 1 heterocycles. The molecule has 0 saturated carbocycles. The zero-order valence-corrected chi connectivity index (χ0v) is 14.7. The van der Waals surface area contributed by atoms with Crippen molar-refractivity contribution in [3.05, 3.63) is 59.7 Å². The average Bonchev–Trinajstić information content (AvgIpc) is 2.94. The number of thioether (sulfide) groups is 1. The number of hydrogen-bond donors (Lipinski definition) is 1. The molecule has 25 heavy (non-hydrogen) atoms. The first-order valence-corrected chi connectivity index (χ1v) is 8.67. The van der Waals surface area contributed by atoms with Crippen LogP contribution in [0.25, 0.3) is 5.69 Å². The summed E-state index contributed by atoms with van der Waals surface area (Å²) in [4.78, 5) is 12.1. The molecule has 0 unspecified atom stereocenters. The number of rotatable bonds is 5. The SMILES string of the molecule is Cc1ccc(-[n+]2noc([O-])c2SCC(=O)Nc2cccc(C)c2)cc1. The fraction of sp³-hybridized carbons (Fsp3) is 0.167. The molecule has 3 aromatic rings. The maximum Gasteiger partial charge on any atom is 0.298 e. The Morgan fingerprint density at radius 3 is 2.68 bits per heavy atom. The predicted molar refractivity (Wildman–Crippen MR) is 92.8 cm³/mol. The second-order valence-electron chi connectivity index (χ2n) is 5.62. The van der Waals surface area contributed by atoms with Crippen LogP contribution in [0.2, 0.25) is 0 Å². The average molecular weight is 355 g/mol. The van der Waals surface area contributed by atoms with Crippen LogP contribution in [-0.4, -0.2) is 16.9 Å². The Balaban J connectivity index is 1.70. The van der Waals surface area contributed by atoms with Crippen LogP contribution in [-0.2, 0) is 4.79 Å². The highest BCUT2D eigenvalue weighted by Crippen LogP contribution is 2.23. The van der Waals surface area contributed by atoms with Gasteiger partial charge in [0.25, 0.3) is 5.03 Å². The number of nitrogens with zero attached hydrogens (tertiary/aromatic N) is 2. The summed E-state index contributed by atoms with van der Waals surface area (Å²) in [7, 11) is 0. The number of benzene rings is 2. The van der Waals surface area contributed by atoms with E-state index in [1.165, 1.54) is 4.68 Å². The van der Waals surface area contributed by atoms with Crippen LogP contribution >= 0.6 is 11.8 Å². The summed E-state index contributed by atoms with van der Waals surface area (Å²) >= 11 is 1.09. The Bertz CT molecular complexity index is 891. The molecule has 0 spiro atoms. The molecule has 7 heteroatoms. The maximum atomic E-state index is 12.1. The lowest BCUT2D eigenvalue weighted by Gasteiger charge is -2.05. The molecule has 0 fully saturated rings. The van der Waals surface area contributed by atoms with Gasteiger partial charge in [-0.15, -0.1) is 0 Å². The van der Waals surface area contributed by atoms with E-state index in [9.17, 15) is 9.90 Å². The molecule has 0 saturated heterocycles. The molecule has 1 amide bonds. The van der Waals surface area contributed by atoms with Crippen LogP contribution in [0, 0.1) is 13.8 Å². The second kappa shape index (κ2) is 7.40. The van der Waals surface area contributed by atoms with Crippen LogP contribution in [0.4, 0.5) is 5.69 Å². The number of aromatic nitrogens is 2. The van der Waals surface area contributed by atoms with Crippen LogP contribution < -0.4 is 15.1 Å². The molecule has 0 atom stereocenters. The summed E-state index contributed by atoms with van der Waals surface area (Å²) in [6.07, 6.45) is 0. The lowest BCUT2D eigenvalue weighted by molar-refractivity contribution is -0.705. The standard InChI is InChI=1S/C18H17N3O3S/c1-12-6-8-15(9-7-12)21-17(18(23)24-20-21)25-11-16(22)19-14-5-3-4-13(2)10-14/h3-10H,11H2,1-2H3,(H-,19,20,22,23). The van der Waals surface area contributed by atoms with Gasteiger partial charge in [0.1, 0.15) is 0 Å². The number of carbonyl (C=O) groups excluding carboxylic acids is 1. The van der Waals surface area contributed by atoms with Crippen molar-refractivity contribution in [2.24, 2.45) is 0 Å². The Hall–Kier alpha value is -2.80. The van der Waals surface area contributed by atoms with Crippen molar-refractivity contribution in [2.45, 2.75) is 18.9 Å². The van der Waals surface area contributed by atoms with Gasteiger partial charge in [-0.25, -0.2) is 0 Å². The van der Waals surface area contributed by atoms with Gasteiger partial charge < -0.3 is 14.9 Å². The fourth-order valence-corrected chi connectivity index (χ4v) is 3.02. The third kappa shape index (κ3) is 4.19. The number of amides is 1. The van der Waals surface area contributed by atoms with Crippen molar-refractivity contribution in [3.63, 3.8) is 0 Å². The van der Waals surface area contributed by atoms with Gasteiger partial charge in [-0.05, 0) is 48.0 Å². The first-order chi connectivity index (χ1) is 12.0. The van der Waals surface area contributed by atoms with E-state index in [-0.39, 0.29) is 16.7 Å². The lowest BCUT2D eigenvalue weighted by Crippen LogP contribution is -2.35. The Morgan fingerprint density at radius 2 is 1.96 bits per heavy atom. The lowest BCUT2D eigenvalue weighted by atomic mass is 10.2. The van der Waals surface area contributed by atoms with Crippen LogP contribution in [0.5, 0.6) is 5.95 Å². The molecule has 0 aliphatic heterocycles. The summed E-state index contributed by atoms with van der Waals surface area (Å²) in [5.74, 6) is -0.684. The summed E-state index contributed by atoms with van der Waals surface area (Å²) in [6.45, 7) is 3.93. The third-order valence-electron chi connectivity index (χ3n) is 3.49. The number of aryl methyl sites for hydroxylation is 2. The highest BCUT2D eigenvalue weighted by Gasteiger charge is 2.22. The summed E-state index contributed by atoms with van der Waals surface area (Å²) in [6, 6.07) is 15.0. The minimum atomic E-state index is -0.561. The summed E-state index contributed by atoms with van der Waals surface area (Å²) in [5.41, 5.74) is 3.59. The molecule has 3 rings (SSSR count). The monoisotopic (exact) mass is 355 g/mol. The van der Waals surface area contributed by atoms with Crippen molar-refractivity contribution >= 4 is 23.4 Å². The highest BCUT2D eigenvalue weighted by atomic mass is 32.2. The van der Waals surface area contributed by atoms with Gasteiger partial charge in [0, 0.05) is 17.8 Å². The molecule has 128 valence electrons. The van der Waals surface area contributed by atoms with E-state index in [4.69, 9.17) is 4.52 Å². The first kappa shape index (κ1) is 17.0. The molecule has 0 aliphatic rings. The molecule has 0 bridgehead atoms. The minimum absolute atomic E-state index is 0.0796. The van der Waals surface area contributed by atoms with Crippen LogP contribution in [0.15, 0.2) is 58.1 Å². The van der Waals surface area contributed by atoms with Crippen molar-refractivity contribution in [2.75, 3.05) is 11.1 Å². The van der Waals surface area contributed by atoms with Crippen LogP contribution in [0.3, 0.4) is 0 Å². The first-order valence-electron chi connectivity index (χ1n) is 7.68. The number of hydrogen-bond acceptors (Lipinski definition) is 5. The molecular formula is C18H17N3O3S. The van der Waals surface area contributed by atoms with Gasteiger partial charge >= 0.3 is 0 Å². The minimum Gasteiger partial charge on any atom is -0.538 e. The Labute approximate surface area is 149 Å². The van der Waals surface area contributed by atoms with Gasteiger partial charge in [0.05, 0.1) is 11.0 Å². The van der Waals surface area contributed by atoms with Gasteiger partial charge in [-0.1, -0.05) is 29.8 Å². The predicted octanol–water partition coefficient (Wildman–Crippen LogP) is 2.37. The normalized spacial score (nSPS) is 10.6. The molecular weight excluding hydrogens is 338 g/mol. The summed E-state index contributed by atoms with van der Waals surface area (Å²) in [5, 5.41) is 18.7. The second-order valence-corrected chi connectivity index (χ2v) is 6.58. The smallest absolute Gasteiger partial charge is 0.298 e. The molecule has 0 radical (unpaired) electrons. The van der Waals surface area contributed by atoms with Gasteiger partial charge in [0.2, 0.25) is 11.6 Å². The molecule has 1 N–H and O–H groups in total. The Morgan fingerprint density at radius 1 is 1.20 bits per heavy atom. The molecule has 6 nitrogen and oxygen atoms in total. The largest absolute Gasteiger partial charge is 0.538 e. The highest BCUT2D eigenvalue weighted by molar-refractivity contribution is 7.99. The van der Waals surface area contributed by atoms with Crippen molar-refractivity contribution in [3.8, 4) is 11.6 Å². The van der Waals surface area contributed by atoms with Gasteiger partial charge in [-0.2, -0.15) is 0 Å². The van der Waals surface area contributed by atoms with Crippen molar-refractivity contribution < 1.29 is 19.1 Å². The van der Waals surface area contributed by atoms with E-state index in [1.807, 2.05) is 62.4 Å². The summed E-state index contributed by atoms with van der Waals surface area (Å²) < 4.78 is 6.16. The quantitative estimate of drug-likeness (QED) is 0.561. The van der Waals surface area contributed by atoms with E-state index in [1.54, 1.807) is 0 Å². The number of nitrogens with one attached hydrogen (secondary N) is 1. The van der Waals surface area contributed by atoms with Crippen LogP contribution in [0.1, 0.15) is 11.1 Å². The fourth-order valence-electron chi connectivity index (χ4n) is 2.26. The zero-order chi connectivity index (χ0) is 17.8. The molecule has 0 aliphatic carbocycles. The van der Waals surface area contributed by atoms with E-state index in [2.05, 4.69) is 10.6 Å². The van der Waals surface area contributed by atoms with E-state index in [0.717, 1.165) is 28.6 Å². The number of carbonyl (C=O) groups is 1. The van der Waals surface area contributed by atoms with Gasteiger partial charge in [0.15, 0.2) is 5.95 Å². The molecule has 2 aromatic carbocycles. The third-order valence-corrected chi connectivity index (χ3v) is 4.51. The van der Waals surface area contributed by atoms with E-state index < -0.39 is 5.95 Å². The van der Waals surface area contributed by atoms with E-state index in [0.29, 0.717) is 5.69 Å². The maximum absolute atomic E-state index is 12.1. The topological polar surface area (TPSA) is 82.1 Å². The van der Waals surface area contributed by atoms with Crippen molar-refractivity contribution in [1.82, 2.24) is 5.27 Å². The van der Waals surface area contributed by atoms with Crippen molar-refractivity contribution in [1.29, 1.82) is 0 Å². The van der Waals surface area contributed by atoms with E-state index >= 15 is 0 Å². The zero-order valence-electron chi connectivity index (χ0n) is 13.9. The van der Waals surface area contributed by atoms with Gasteiger partial charge in [-0.3, -0.25) is 4.79 Å². The Kier molecular flexibility index (Phi) is 5.04.